The summed E-state index contributed by atoms with van der Waals surface area (Å²) >= 11 is 0. The molecule has 8 heteroatoms. The van der Waals surface area contributed by atoms with E-state index in [1.54, 1.807) is 12.4 Å². The molecule has 2 aromatic heterocycles. The summed E-state index contributed by atoms with van der Waals surface area (Å²) < 4.78 is 13.5. The Labute approximate surface area is 171 Å². The van der Waals surface area contributed by atoms with Gasteiger partial charge in [-0.05, 0) is 38.0 Å². The van der Waals surface area contributed by atoms with Crippen molar-refractivity contribution in [3.05, 3.63) is 35.8 Å². The largest absolute Gasteiger partial charge is 0.378 e. The summed E-state index contributed by atoms with van der Waals surface area (Å²) in [7, 11) is 0. The van der Waals surface area contributed by atoms with Gasteiger partial charge in [0, 0.05) is 25.8 Å². The number of hydrogen-bond acceptors (Lipinski definition) is 5. The fraction of sp³-hybridized carbons (Fsp3) is 0.571. The highest BCUT2D eigenvalue weighted by molar-refractivity contribution is 5.90. The van der Waals surface area contributed by atoms with E-state index in [1.807, 2.05) is 35.6 Å². The summed E-state index contributed by atoms with van der Waals surface area (Å²) in [6.45, 7) is 8.46. The number of carbonyl (C=O) groups is 1. The number of nitrogens with one attached hydrogen (secondary N) is 1. The molecule has 29 heavy (non-hydrogen) atoms. The smallest absolute Gasteiger partial charge is 0.322 e. The molecule has 2 fully saturated rings. The van der Waals surface area contributed by atoms with Crippen molar-refractivity contribution in [3.8, 4) is 5.82 Å². The molecule has 1 N–H and O–H groups in total. The maximum atomic E-state index is 13.1. The number of aromatic nitrogens is 3. The van der Waals surface area contributed by atoms with E-state index < -0.39 is 0 Å². The van der Waals surface area contributed by atoms with Crippen LogP contribution in [0.3, 0.4) is 0 Å². The van der Waals surface area contributed by atoms with Crippen molar-refractivity contribution < 1.29 is 14.3 Å². The predicted octanol–water partition coefficient (Wildman–Crippen LogP) is 2.94. The molecule has 4 rings (SSSR count). The van der Waals surface area contributed by atoms with Gasteiger partial charge in [-0.1, -0.05) is 13.3 Å². The van der Waals surface area contributed by atoms with E-state index in [0.29, 0.717) is 26.3 Å². The van der Waals surface area contributed by atoms with Gasteiger partial charge in [0.15, 0.2) is 5.82 Å². The quantitative estimate of drug-likeness (QED) is 0.855. The molecular weight excluding hydrogens is 370 g/mol. The predicted molar refractivity (Wildman–Crippen MR) is 109 cm³/mol. The summed E-state index contributed by atoms with van der Waals surface area (Å²) in [5.41, 5.74) is 2.43. The Morgan fingerprint density at radius 3 is 3.03 bits per heavy atom. The lowest BCUT2D eigenvalue weighted by Crippen LogP contribution is -2.57. The second-order valence-corrected chi connectivity index (χ2v) is 8.08. The van der Waals surface area contributed by atoms with Gasteiger partial charge in [0.1, 0.15) is 5.60 Å². The van der Waals surface area contributed by atoms with Crippen molar-refractivity contribution >= 4 is 11.7 Å². The van der Waals surface area contributed by atoms with Crippen LogP contribution in [0.15, 0.2) is 24.5 Å². The summed E-state index contributed by atoms with van der Waals surface area (Å²) in [5, 5.41) is 7.58. The van der Waals surface area contributed by atoms with Crippen molar-refractivity contribution in [2.75, 3.05) is 31.6 Å². The first-order valence-electron chi connectivity index (χ1n) is 10.3. The zero-order valence-electron chi connectivity index (χ0n) is 17.4. The third-order valence-corrected chi connectivity index (χ3v) is 5.48. The molecule has 0 radical (unpaired) electrons. The van der Waals surface area contributed by atoms with Crippen molar-refractivity contribution in [1.29, 1.82) is 0 Å². The average molecular weight is 399 g/mol. The first-order chi connectivity index (χ1) is 14.0. The average Bonchev–Trinajstić information content (AvgIpc) is 3.29. The Morgan fingerprint density at radius 1 is 1.45 bits per heavy atom. The van der Waals surface area contributed by atoms with E-state index in [-0.39, 0.29) is 17.7 Å². The Kier molecular flexibility index (Phi) is 5.56. The molecule has 2 aromatic rings. The number of aryl methyl sites for hydroxylation is 1. The van der Waals surface area contributed by atoms with Gasteiger partial charge < -0.3 is 19.7 Å². The number of carbonyl (C=O) groups excluding carboxylic acids is 1. The van der Waals surface area contributed by atoms with Crippen LogP contribution in [0.4, 0.5) is 10.5 Å². The minimum absolute atomic E-state index is 0.0227. The lowest BCUT2D eigenvalue weighted by Gasteiger charge is -2.42. The number of pyridine rings is 1. The van der Waals surface area contributed by atoms with Gasteiger partial charge >= 0.3 is 6.03 Å². The molecule has 1 spiro atoms. The van der Waals surface area contributed by atoms with Crippen LogP contribution in [0.5, 0.6) is 0 Å². The summed E-state index contributed by atoms with van der Waals surface area (Å²) in [5.74, 6) is 0.760. The van der Waals surface area contributed by atoms with Crippen LogP contribution in [0, 0.1) is 6.92 Å². The highest BCUT2D eigenvalue weighted by atomic mass is 16.6. The normalized spacial score (nSPS) is 24.2. The highest BCUT2D eigenvalue weighted by Gasteiger charge is 2.44. The standard InChI is InChI=1S/C21H29N5O3/c1-4-5-18-17(11-23-26(18)19-10-15(2)6-8-22-19)24-20(27)25-12-16(3)29-21(13-25)7-9-28-14-21/h6,8,10-11,16H,4-5,7,9,12-14H2,1-3H3,(H,24,27). The lowest BCUT2D eigenvalue weighted by atomic mass is 9.99. The van der Waals surface area contributed by atoms with Crippen molar-refractivity contribution in [3.63, 3.8) is 0 Å². The third kappa shape index (κ3) is 4.13. The molecule has 0 aliphatic carbocycles. The Balaban J connectivity index is 1.55. The molecule has 156 valence electrons. The van der Waals surface area contributed by atoms with Crippen LogP contribution in [-0.4, -0.2) is 63.7 Å². The van der Waals surface area contributed by atoms with Gasteiger partial charge in [-0.25, -0.2) is 14.5 Å². The topological polar surface area (TPSA) is 81.5 Å². The number of urea groups is 1. The van der Waals surface area contributed by atoms with E-state index in [1.165, 1.54) is 0 Å². The molecule has 0 aromatic carbocycles. The first kappa shape index (κ1) is 19.8. The first-order valence-corrected chi connectivity index (χ1v) is 10.3. The second kappa shape index (κ2) is 8.12. The molecule has 2 amide bonds. The number of morpholine rings is 1. The van der Waals surface area contributed by atoms with Gasteiger partial charge in [-0.3, -0.25) is 0 Å². The fourth-order valence-corrected chi connectivity index (χ4v) is 4.17. The summed E-state index contributed by atoms with van der Waals surface area (Å²) in [6.07, 6.45) is 6.02. The molecule has 2 aliphatic heterocycles. The van der Waals surface area contributed by atoms with Crippen LogP contribution >= 0.6 is 0 Å². The Morgan fingerprint density at radius 2 is 2.31 bits per heavy atom. The minimum atomic E-state index is -0.378. The zero-order valence-corrected chi connectivity index (χ0v) is 17.4. The minimum Gasteiger partial charge on any atom is -0.378 e. The number of rotatable bonds is 4. The SMILES string of the molecule is CCCc1c(NC(=O)N2CC(C)OC3(CCOC3)C2)cnn1-c1cc(C)ccn1. The van der Waals surface area contributed by atoms with Gasteiger partial charge in [0.05, 0.1) is 36.8 Å². The number of amides is 2. The molecule has 0 saturated carbocycles. The molecule has 8 nitrogen and oxygen atoms in total. The van der Waals surface area contributed by atoms with Crippen molar-refractivity contribution in [2.24, 2.45) is 0 Å². The fourth-order valence-electron chi connectivity index (χ4n) is 4.17. The number of nitrogens with zero attached hydrogens (tertiary/aromatic N) is 4. The highest BCUT2D eigenvalue weighted by Crippen LogP contribution is 2.30. The van der Waals surface area contributed by atoms with Crippen LogP contribution in [0.2, 0.25) is 0 Å². The van der Waals surface area contributed by atoms with Crippen molar-refractivity contribution in [1.82, 2.24) is 19.7 Å². The van der Waals surface area contributed by atoms with Crippen LogP contribution in [0.25, 0.3) is 5.82 Å². The number of anilines is 1. The van der Waals surface area contributed by atoms with E-state index in [4.69, 9.17) is 9.47 Å². The van der Waals surface area contributed by atoms with E-state index in [2.05, 4.69) is 22.3 Å². The molecular formula is C21H29N5O3. The lowest BCUT2D eigenvalue weighted by molar-refractivity contribution is -0.136. The Hall–Kier alpha value is -2.45. The van der Waals surface area contributed by atoms with E-state index >= 15 is 0 Å². The maximum Gasteiger partial charge on any atom is 0.322 e. The van der Waals surface area contributed by atoms with Gasteiger partial charge in [-0.2, -0.15) is 5.10 Å². The van der Waals surface area contributed by atoms with Crippen LogP contribution in [-0.2, 0) is 15.9 Å². The Bertz CT molecular complexity index is 875. The van der Waals surface area contributed by atoms with Crippen LogP contribution < -0.4 is 5.32 Å². The molecule has 0 bridgehead atoms. The maximum absolute atomic E-state index is 13.1. The summed E-state index contributed by atoms with van der Waals surface area (Å²) in [4.78, 5) is 19.3. The number of hydrogen-bond donors (Lipinski definition) is 1. The monoisotopic (exact) mass is 399 g/mol. The molecule has 4 heterocycles. The molecule has 2 atom stereocenters. The van der Waals surface area contributed by atoms with E-state index in [9.17, 15) is 4.79 Å². The molecule has 2 saturated heterocycles. The molecule has 2 aliphatic rings. The molecule has 2 unspecified atom stereocenters. The second-order valence-electron chi connectivity index (χ2n) is 8.08. The zero-order chi connectivity index (χ0) is 20.4. The third-order valence-electron chi connectivity index (χ3n) is 5.48. The van der Waals surface area contributed by atoms with Gasteiger partial charge in [0.25, 0.3) is 0 Å². The van der Waals surface area contributed by atoms with Gasteiger partial charge in [-0.15, -0.1) is 0 Å². The number of ether oxygens (including phenoxy) is 2. The summed E-state index contributed by atoms with van der Waals surface area (Å²) in [6, 6.07) is 3.82. The van der Waals surface area contributed by atoms with Gasteiger partial charge in [0.2, 0.25) is 0 Å². The van der Waals surface area contributed by atoms with Crippen molar-refractivity contribution in [2.45, 2.75) is 51.7 Å². The van der Waals surface area contributed by atoms with E-state index in [0.717, 1.165) is 42.0 Å². The van der Waals surface area contributed by atoms with Crippen LogP contribution in [0.1, 0.15) is 37.9 Å².